The monoisotopic (exact) mass is 461 g/mol. The average molecular weight is 462 g/mol. The van der Waals surface area contributed by atoms with Gasteiger partial charge < -0.3 is 9.64 Å². The lowest BCUT2D eigenvalue weighted by atomic mass is 9.79. The first kappa shape index (κ1) is 24.6. The van der Waals surface area contributed by atoms with E-state index in [-0.39, 0.29) is 17.5 Å². The van der Waals surface area contributed by atoms with Crippen LogP contribution in [0.3, 0.4) is 0 Å². The molecule has 0 aliphatic carbocycles. The Morgan fingerprint density at radius 2 is 2.03 bits per heavy atom. The Morgan fingerprint density at radius 3 is 2.67 bits per heavy atom. The number of benzene rings is 2. The zero-order valence-electron chi connectivity index (χ0n) is 19.6. The fourth-order valence-electron chi connectivity index (χ4n) is 4.66. The van der Waals surface area contributed by atoms with Gasteiger partial charge in [-0.25, -0.2) is 5.43 Å². The van der Waals surface area contributed by atoms with E-state index < -0.39 is 17.6 Å². The van der Waals surface area contributed by atoms with E-state index in [0.29, 0.717) is 11.7 Å². The van der Waals surface area contributed by atoms with Crippen molar-refractivity contribution in [2.24, 2.45) is 5.10 Å². The number of hydrogen-bond donors (Lipinski definition) is 1. The van der Waals surface area contributed by atoms with Gasteiger partial charge in [0.05, 0.1) is 25.3 Å². The van der Waals surface area contributed by atoms with Crippen LogP contribution in [-0.4, -0.2) is 31.3 Å². The Bertz CT molecular complexity index is 1050. The van der Waals surface area contributed by atoms with Gasteiger partial charge in [-0.2, -0.15) is 18.3 Å². The molecule has 33 heavy (non-hydrogen) atoms. The number of amides is 1. The molecule has 1 N–H and O–H groups in total. The fourth-order valence-corrected chi connectivity index (χ4v) is 4.66. The van der Waals surface area contributed by atoms with Gasteiger partial charge in [0.1, 0.15) is 5.75 Å². The smallest absolute Gasteiger partial charge is 0.416 e. The van der Waals surface area contributed by atoms with Crippen molar-refractivity contribution in [1.82, 2.24) is 5.43 Å². The third-order valence-corrected chi connectivity index (χ3v) is 6.07. The van der Waals surface area contributed by atoms with Crippen molar-refractivity contribution in [3.05, 3.63) is 58.7 Å². The van der Waals surface area contributed by atoms with Crippen molar-refractivity contribution in [3.63, 3.8) is 0 Å². The molecule has 1 unspecified atom stereocenters. The summed E-state index contributed by atoms with van der Waals surface area (Å²) in [7, 11) is 1.58. The number of halogens is 3. The van der Waals surface area contributed by atoms with Crippen LogP contribution in [0, 0.1) is 0 Å². The molecule has 1 atom stereocenters. The normalized spacial score (nSPS) is 17.7. The minimum Gasteiger partial charge on any atom is -0.496 e. The Hall–Kier alpha value is -3.03. The van der Waals surface area contributed by atoms with E-state index in [2.05, 4.69) is 43.1 Å². The molecule has 3 rings (SSSR count). The van der Waals surface area contributed by atoms with Crippen molar-refractivity contribution < 1.29 is 22.7 Å². The molecule has 5 nitrogen and oxygen atoms in total. The quantitative estimate of drug-likeness (QED) is 0.455. The lowest BCUT2D eigenvalue weighted by molar-refractivity contribution is -0.137. The van der Waals surface area contributed by atoms with Gasteiger partial charge in [0.15, 0.2) is 0 Å². The van der Waals surface area contributed by atoms with Crippen molar-refractivity contribution in [2.45, 2.75) is 58.2 Å². The lowest BCUT2D eigenvalue weighted by Crippen LogP contribution is -2.48. The molecule has 178 valence electrons. The Morgan fingerprint density at radius 1 is 1.30 bits per heavy atom. The van der Waals surface area contributed by atoms with Gasteiger partial charge in [0.2, 0.25) is 5.91 Å². The standard InChI is InChI=1S/C25H30F3N3O2/c1-6-31-21-13-22(33-5)18(12-20(21)16(2)14-24(31,3)4)15-29-30-23(32)11-17-8-7-9-19(10-17)25(26,27)28/h7-10,12-13,15-16H,6,11,14H2,1-5H3,(H,30,32)/b29-15+. The minimum absolute atomic E-state index is 0.0270. The molecule has 1 aliphatic heterocycles. The first-order valence-corrected chi connectivity index (χ1v) is 10.9. The number of anilines is 1. The Balaban J connectivity index is 1.77. The summed E-state index contributed by atoms with van der Waals surface area (Å²) in [5.74, 6) is 0.467. The second-order valence-corrected chi connectivity index (χ2v) is 8.98. The highest BCUT2D eigenvalue weighted by Gasteiger charge is 2.36. The molecule has 0 saturated carbocycles. The zero-order valence-corrected chi connectivity index (χ0v) is 19.6. The molecule has 1 amide bonds. The maximum atomic E-state index is 12.9. The number of carbonyl (C=O) groups is 1. The first-order valence-electron chi connectivity index (χ1n) is 10.9. The fraction of sp³-hybridized carbons (Fsp3) is 0.440. The molecule has 0 fully saturated rings. The predicted molar refractivity (Wildman–Crippen MR) is 124 cm³/mol. The molecule has 0 bridgehead atoms. The summed E-state index contributed by atoms with van der Waals surface area (Å²) in [6.07, 6.45) is -2.15. The molecule has 0 radical (unpaired) electrons. The molecule has 0 spiro atoms. The second kappa shape index (κ2) is 9.45. The third kappa shape index (κ3) is 5.49. The summed E-state index contributed by atoms with van der Waals surface area (Å²) in [4.78, 5) is 14.6. The van der Waals surface area contributed by atoms with Gasteiger partial charge in [-0.05, 0) is 56.4 Å². The van der Waals surface area contributed by atoms with Gasteiger partial charge >= 0.3 is 6.18 Å². The van der Waals surface area contributed by atoms with Crippen molar-refractivity contribution >= 4 is 17.8 Å². The third-order valence-electron chi connectivity index (χ3n) is 6.07. The molecular weight excluding hydrogens is 431 g/mol. The van der Waals surface area contributed by atoms with Crippen LogP contribution in [0.25, 0.3) is 0 Å². The van der Waals surface area contributed by atoms with Crippen LogP contribution in [0.4, 0.5) is 18.9 Å². The molecule has 8 heteroatoms. The summed E-state index contributed by atoms with van der Waals surface area (Å²) in [5.41, 5.74) is 4.94. The molecular formula is C25H30F3N3O2. The van der Waals surface area contributed by atoms with E-state index in [1.165, 1.54) is 23.9 Å². The lowest BCUT2D eigenvalue weighted by Gasteiger charge is -2.47. The van der Waals surface area contributed by atoms with E-state index >= 15 is 0 Å². The number of alkyl halides is 3. The number of hydrazone groups is 1. The minimum atomic E-state index is -4.45. The topological polar surface area (TPSA) is 53.9 Å². The zero-order chi connectivity index (χ0) is 24.4. The van der Waals surface area contributed by atoms with Crippen LogP contribution in [-0.2, 0) is 17.4 Å². The van der Waals surface area contributed by atoms with Crippen molar-refractivity contribution in [3.8, 4) is 5.75 Å². The number of ether oxygens (including phenoxy) is 1. The highest BCUT2D eigenvalue weighted by molar-refractivity contribution is 5.87. The number of methoxy groups -OCH3 is 1. The highest BCUT2D eigenvalue weighted by atomic mass is 19.4. The van der Waals surface area contributed by atoms with E-state index in [9.17, 15) is 18.0 Å². The first-order chi connectivity index (χ1) is 15.5. The summed E-state index contributed by atoms with van der Waals surface area (Å²) >= 11 is 0. The summed E-state index contributed by atoms with van der Waals surface area (Å²) in [6.45, 7) is 9.66. The van der Waals surface area contributed by atoms with Crippen LogP contribution >= 0.6 is 0 Å². The SMILES string of the molecule is CCN1c2cc(OC)c(/C=N/NC(=O)Cc3cccc(C(F)(F)F)c3)cc2C(C)CC1(C)C. The Kier molecular flexibility index (Phi) is 7.05. The Labute approximate surface area is 192 Å². The van der Waals surface area contributed by atoms with Crippen LogP contribution in [0.2, 0.25) is 0 Å². The van der Waals surface area contributed by atoms with E-state index in [1.54, 1.807) is 7.11 Å². The molecule has 0 saturated heterocycles. The van der Waals surface area contributed by atoms with Gasteiger partial charge in [-0.15, -0.1) is 0 Å². The highest BCUT2D eigenvalue weighted by Crippen LogP contribution is 2.45. The molecule has 1 heterocycles. The molecule has 1 aliphatic rings. The van der Waals surface area contributed by atoms with Crippen LogP contribution in [0.1, 0.15) is 62.3 Å². The summed E-state index contributed by atoms with van der Waals surface area (Å²) in [6, 6.07) is 8.74. The van der Waals surface area contributed by atoms with Crippen LogP contribution in [0.15, 0.2) is 41.5 Å². The number of nitrogens with one attached hydrogen (secondary N) is 1. The van der Waals surface area contributed by atoms with Gasteiger partial charge in [0, 0.05) is 29.4 Å². The number of hydrogen-bond acceptors (Lipinski definition) is 4. The van der Waals surface area contributed by atoms with Crippen molar-refractivity contribution in [2.75, 3.05) is 18.6 Å². The van der Waals surface area contributed by atoms with Gasteiger partial charge in [-0.1, -0.05) is 25.1 Å². The van der Waals surface area contributed by atoms with Crippen LogP contribution < -0.4 is 15.1 Å². The number of rotatable bonds is 6. The van der Waals surface area contributed by atoms with E-state index in [4.69, 9.17) is 4.74 Å². The number of nitrogens with zero attached hydrogens (tertiary/aromatic N) is 2. The largest absolute Gasteiger partial charge is 0.496 e. The molecule has 0 aromatic heterocycles. The predicted octanol–water partition coefficient (Wildman–Crippen LogP) is 5.52. The summed E-state index contributed by atoms with van der Waals surface area (Å²) in [5, 5.41) is 4.02. The van der Waals surface area contributed by atoms with E-state index in [1.807, 2.05) is 12.1 Å². The van der Waals surface area contributed by atoms with Gasteiger partial charge in [-0.3, -0.25) is 4.79 Å². The van der Waals surface area contributed by atoms with Crippen LogP contribution in [0.5, 0.6) is 5.75 Å². The number of carbonyl (C=O) groups excluding carboxylic acids is 1. The molecule has 2 aromatic rings. The van der Waals surface area contributed by atoms with Crippen molar-refractivity contribution in [1.29, 1.82) is 0 Å². The average Bonchev–Trinajstić information content (AvgIpc) is 2.73. The molecule has 2 aromatic carbocycles. The summed E-state index contributed by atoms with van der Waals surface area (Å²) < 4.78 is 44.2. The maximum absolute atomic E-state index is 12.9. The maximum Gasteiger partial charge on any atom is 0.416 e. The van der Waals surface area contributed by atoms with Gasteiger partial charge in [0.25, 0.3) is 0 Å². The second-order valence-electron chi connectivity index (χ2n) is 8.98. The number of fused-ring (bicyclic) bond motifs is 1. The van der Waals surface area contributed by atoms with E-state index in [0.717, 1.165) is 36.3 Å².